The van der Waals surface area contributed by atoms with Gasteiger partial charge in [-0.05, 0) is 13.5 Å². The topological polar surface area (TPSA) is 40.2 Å². The lowest BCUT2D eigenvalue weighted by Crippen LogP contribution is -2.23. The van der Waals surface area contributed by atoms with E-state index in [2.05, 4.69) is 4.90 Å². The van der Waals surface area contributed by atoms with Crippen molar-refractivity contribution in [2.75, 3.05) is 48.8 Å². The highest BCUT2D eigenvalue weighted by Gasteiger charge is 2.13. The van der Waals surface area contributed by atoms with E-state index < -0.39 is 0 Å². The Balaban J connectivity index is 2.90. The average Bonchev–Trinajstić information content (AvgIpc) is 2.44. The fraction of sp³-hybridized carbons (Fsp3) is 0.571. The van der Waals surface area contributed by atoms with E-state index >= 15 is 0 Å². The second-order valence-electron chi connectivity index (χ2n) is 4.26. The number of nitrogens with zero attached hydrogens (tertiary/aromatic N) is 1. The van der Waals surface area contributed by atoms with Crippen LogP contribution in [0.15, 0.2) is 12.1 Å². The number of likely N-dealkylation sites (N-methyl/N-ethyl adjacent to an activating group) is 1. The van der Waals surface area contributed by atoms with Crippen LogP contribution in [0.3, 0.4) is 0 Å². The Morgan fingerprint density at radius 2 is 1.53 bits per heavy atom. The number of benzene rings is 1. The van der Waals surface area contributed by atoms with E-state index in [0.717, 1.165) is 35.8 Å². The van der Waals surface area contributed by atoms with Gasteiger partial charge in [-0.2, -0.15) is 0 Å². The Morgan fingerprint density at radius 1 is 0.947 bits per heavy atom. The highest BCUT2D eigenvalue weighted by Crippen LogP contribution is 2.34. The van der Waals surface area contributed by atoms with Crippen LogP contribution in [-0.2, 0) is 11.2 Å². The zero-order valence-corrected chi connectivity index (χ0v) is 12.4. The van der Waals surface area contributed by atoms with Crippen molar-refractivity contribution in [1.29, 1.82) is 0 Å². The van der Waals surface area contributed by atoms with Crippen LogP contribution < -0.4 is 14.2 Å². The SMILES string of the molecule is COCN(C)CCc1c(OC)cc(OC)cc1OC. The molecule has 0 aliphatic rings. The minimum atomic E-state index is 0.598. The van der Waals surface area contributed by atoms with Crippen molar-refractivity contribution in [2.45, 2.75) is 6.42 Å². The molecule has 0 radical (unpaired) electrons. The van der Waals surface area contributed by atoms with Gasteiger partial charge in [-0.1, -0.05) is 0 Å². The summed E-state index contributed by atoms with van der Waals surface area (Å²) in [5.74, 6) is 2.28. The Labute approximate surface area is 115 Å². The van der Waals surface area contributed by atoms with Gasteiger partial charge < -0.3 is 18.9 Å². The van der Waals surface area contributed by atoms with E-state index in [1.165, 1.54) is 0 Å². The molecule has 0 spiro atoms. The van der Waals surface area contributed by atoms with Gasteiger partial charge in [0, 0.05) is 31.4 Å². The van der Waals surface area contributed by atoms with Crippen molar-refractivity contribution in [3.8, 4) is 17.2 Å². The molecule has 1 rings (SSSR count). The summed E-state index contributed by atoms with van der Waals surface area (Å²) in [5.41, 5.74) is 1.04. The summed E-state index contributed by atoms with van der Waals surface area (Å²) in [4.78, 5) is 2.09. The van der Waals surface area contributed by atoms with Crippen molar-refractivity contribution in [3.05, 3.63) is 17.7 Å². The van der Waals surface area contributed by atoms with Crippen LogP contribution in [0, 0.1) is 0 Å². The van der Waals surface area contributed by atoms with Crippen LogP contribution in [0.1, 0.15) is 5.56 Å². The predicted octanol–water partition coefficient (Wildman–Crippen LogP) is 1.79. The van der Waals surface area contributed by atoms with E-state index in [1.54, 1.807) is 28.4 Å². The summed E-state index contributed by atoms with van der Waals surface area (Å²) in [6, 6.07) is 3.74. The highest BCUT2D eigenvalue weighted by molar-refractivity contribution is 5.50. The monoisotopic (exact) mass is 269 g/mol. The average molecular weight is 269 g/mol. The lowest BCUT2D eigenvalue weighted by atomic mass is 10.1. The number of ether oxygens (including phenoxy) is 4. The first-order chi connectivity index (χ1) is 9.15. The smallest absolute Gasteiger partial charge is 0.129 e. The largest absolute Gasteiger partial charge is 0.496 e. The molecule has 0 saturated carbocycles. The minimum absolute atomic E-state index is 0.598. The molecule has 0 heterocycles. The summed E-state index contributed by atoms with van der Waals surface area (Å²) < 4.78 is 21.1. The molecule has 0 fully saturated rings. The summed E-state index contributed by atoms with van der Waals surface area (Å²) >= 11 is 0. The van der Waals surface area contributed by atoms with Gasteiger partial charge in [0.1, 0.15) is 17.2 Å². The molecule has 0 N–H and O–H groups in total. The highest BCUT2D eigenvalue weighted by atomic mass is 16.5. The summed E-state index contributed by atoms with van der Waals surface area (Å²) in [7, 11) is 8.62. The van der Waals surface area contributed by atoms with Crippen molar-refractivity contribution >= 4 is 0 Å². The molecule has 0 aliphatic carbocycles. The molecule has 5 nitrogen and oxygen atoms in total. The van der Waals surface area contributed by atoms with Gasteiger partial charge in [-0.25, -0.2) is 0 Å². The van der Waals surface area contributed by atoms with E-state index in [9.17, 15) is 0 Å². The van der Waals surface area contributed by atoms with Crippen molar-refractivity contribution in [1.82, 2.24) is 4.90 Å². The lowest BCUT2D eigenvalue weighted by Gasteiger charge is -2.18. The van der Waals surface area contributed by atoms with E-state index in [4.69, 9.17) is 18.9 Å². The molecule has 0 amide bonds. The number of hydrogen-bond donors (Lipinski definition) is 0. The third-order valence-electron chi connectivity index (χ3n) is 2.91. The molecule has 0 atom stereocenters. The molecular weight excluding hydrogens is 246 g/mol. The molecule has 0 unspecified atom stereocenters. The normalized spacial score (nSPS) is 10.6. The number of hydrogen-bond acceptors (Lipinski definition) is 5. The fourth-order valence-electron chi connectivity index (χ4n) is 1.91. The van der Waals surface area contributed by atoms with Crippen LogP contribution in [0.25, 0.3) is 0 Å². The van der Waals surface area contributed by atoms with E-state index in [0.29, 0.717) is 6.73 Å². The zero-order valence-electron chi connectivity index (χ0n) is 12.4. The standard InChI is InChI=1S/C14H23NO4/c1-15(10-16-2)7-6-12-13(18-4)8-11(17-3)9-14(12)19-5/h8-9H,6-7,10H2,1-5H3. The zero-order chi connectivity index (χ0) is 14.3. The first-order valence-corrected chi connectivity index (χ1v) is 6.12. The van der Waals surface area contributed by atoms with Crippen LogP contribution in [0.5, 0.6) is 17.2 Å². The van der Waals surface area contributed by atoms with Gasteiger partial charge in [-0.3, -0.25) is 4.90 Å². The van der Waals surface area contributed by atoms with Crippen LogP contribution in [0.4, 0.5) is 0 Å². The maximum Gasteiger partial charge on any atom is 0.129 e. The molecule has 19 heavy (non-hydrogen) atoms. The third kappa shape index (κ3) is 4.29. The van der Waals surface area contributed by atoms with Gasteiger partial charge >= 0.3 is 0 Å². The van der Waals surface area contributed by atoms with Crippen LogP contribution in [-0.4, -0.2) is 53.7 Å². The molecule has 0 saturated heterocycles. The Hall–Kier alpha value is -1.46. The van der Waals surface area contributed by atoms with Gasteiger partial charge in [0.25, 0.3) is 0 Å². The first-order valence-electron chi connectivity index (χ1n) is 6.12. The third-order valence-corrected chi connectivity index (χ3v) is 2.91. The summed E-state index contributed by atoms with van der Waals surface area (Å²) in [5, 5.41) is 0. The minimum Gasteiger partial charge on any atom is -0.496 e. The maximum atomic E-state index is 5.41. The molecule has 5 heteroatoms. The van der Waals surface area contributed by atoms with E-state index in [1.807, 2.05) is 19.2 Å². The Bertz CT molecular complexity index is 370. The lowest BCUT2D eigenvalue weighted by molar-refractivity contribution is 0.0825. The molecule has 1 aromatic carbocycles. The molecule has 108 valence electrons. The molecule has 0 aromatic heterocycles. The number of rotatable bonds is 8. The Morgan fingerprint density at radius 3 is 1.95 bits per heavy atom. The quantitative estimate of drug-likeness (QED) is 0.673. The second kappa shape index (κ2) is 7.86. The van der Waals surface area contributed by atoms with Crippen molar-refractivity contribution in [2.24, 2.45) is 0 Å². The molecule has 0 bridgehead atoms. The maximum absolute atomic E-state index is 5.41. The fourth-order valence-corrected chi connectivity index (χ4v) is 1.91. The number of methoxy groups -OCH3 is 4. The van der Waals surface area contributed by atoms with Gasteiger partial charge in [0.05, 0.1) is 28.1 Å². The van der Waals surface area contributed by atoms with Gasteiger partial charge in [0.2, 0.25) is 0 Å². The first kappa shape index (κ1) is 15.6. The summed E-state index contributed by atoms with van der Waals surface area (Å²) in [6.07, 6.45) is 0.816. The van der Waals surface area contributed by atoms with Crippen molar-refractivity contribution < 1.29 is 18.9 Å². The van der Waals surface area contributed by atoms with Gasteiger partial charge in [-0.15, -0.1) is 0 Å². The predicted molar refractivity (Wildman–Crippen MR) is 74.3 cm³/mol. The summed E-state index contributed by atoms with van der Waals surface area (Å²) in [6.45, 7) is 1.45. The molecule has 0 aliphatic heterocycles. The molecule has 1 aromatic rings. The van der Waals surface area contributed by atoms with Crippen LogP contribution in [0.2, 0.25) is 0 Å². The Kier molecular flexibility index (Phi) is 6.45. The second-order valence-corrected chi connectivity index (χ2v) is 4.26. The van der Waals surface area contributed by atoms with E-state index in [-0.39, 0.29) is 0 Å². The van der Waals surface area contributed by atoms with Gasteiger partial charge in [0.15, 0.2) is 0 Å². The van der Waals surface area contributed by atoms with Crippen LogP contribution >= 0.6 is 0 Å². The molecular formula is C14H23NO4. The van der Waals surface area contributed by atoms with Crippen molar-refractivity contribution in [3.63, 3.8) is 0 Å².